The minimum atomic E-state index is -0.277. The van der Waals surface area contributed by atoms with Gasteiger partial charge in [0.2, 0.25) is 23.6 Å². The second kappa shape index (κ2) is 29.7. The van der Waals surface area contributed by atoms with E-state index >= 15 is 0 Å². The monoisotopic (exact) mass is 965 g/mol. The number of aliphatic hydroxyl groups excluding tert-OH is 2. The predicted molar refractivity (Wildman–Crippen MR) is 277 cm³/mol. The van der Waals surface area contributed by atoms with E-state index in [4.69, 9.17) is 0 Å². The van der Waals surface area contributed by atoms with Crippen molar-refractivity contribution in [2.24, 2.45) is 52.3 Å². The van der Waals surface area contributed by atoms with E-state index in [0.717, 1.165) is 56.3 Å². The number of allylic oxidation sites excluding steroid dienone is 2. The Morgan fingerprint density at radius 2 is 1.39 bits per heavy atom. The maximum absolute atomic E-state index is 13.5. The number of unbranched alkanes of at least 4 members (excludes halogenated alkanes) is 13. The van der Waals surface area contributed by atoms with Crippen molar-refractivity contribution in [3.8, 4) is 0 Å². The van der Waals surface area contributed by atoms with Crippen LogP contribution in [0.25, 0.3) is 0 Å². The lowest BCUT2D eigenvalue weighted by molar-refractivity contribution is -0.137. The number of rotatable bonds is 32. The SMILES string of the molecule is CCCCCCCC/C=C\CCCCCCCC(=O)N[C@H]1CC[C@@]2(C)C(CCC3C2CC[C@@]2(C)C3CC[C@@H]2[C@H](C)CCC(=O)N(CC=O)CC(=O)NCCCCCC(=O)N2C[C@H](CO)C[C@H]2CO)C1. The van der Waals surface area contributed by atoms with Gasteiger partial charge in [-0.05, 0) is 162 Å². The van der Waals surface area contributed by atoms with E-state index < -0.39 is 0 Å². The summed E-state index contributed by atoms with van der Waals surface area (Å²) in [5.41, 5.74) is 0.626. The number of nitrogens with one attached hydrogen (secondary N) is 2. The van der Waals surface area contributed by atoms with Crippen LogP contribution in [0.3, 0.4) is 0 Å². The molecular weight excluding hydrogens is 865 g/mol. The quantitative estimate of drug-likeness (QED) is 0.0297. The van der Waals surface area contributed by atoms with Gasteiger partial charge < -0.3 is 35.4 Å². The number of likely N-dealkylation sites (tertiary alicyclic amines) is 1. The van der Waals surface area contributed by atoms with E-state index in [1.807, 2.05) is 0 Å². The highest BCUT2D eigenvalue weighted by molar-refractivity contribution is 5.86. The van der Waals surface area contributed by atoms with Crippen molar-refractivity contribution in [3.63, 3.8) is 0 Å². The number of carbonyl (C=O) groups excluding carboxylic acids is 5. The third-order valence-electron chi connectivity index (χ3n) is 18.9. The number of hydrogen-bond donors (Lipinski definition) is 4. The first-order valence-electron chi connectivity index (χ1n) is 28.8. The van der Waals surface area contributed by atoms with Crippen LogP contribution in [0.2, 0.25) is 0 Å². The number of carbonyl (C=O) groups is 5. The molecule has 1 saturated heterocycles. The van der Waals surface area contributed by atoms with Crippen molar-refractivity contribution in [1.29, 1.82) is 0 Å². The van der Waals surface area contributed by atoms with Gasteiger partial charge in [0.25, 0.3) is 0 Å². The van der Waals surface area contributed by atoms with Gasteiger partial charge in [-0.1, -0.05) is 97.6 Å². The Bertz CT molecular complexity index is 1610. The van der Waals surface area contributed by atoms with Crippen molar-refractivity contribution < 1.29 is 34.2 Å². The number of amides is 4. The average molecular weight is 965 g/mol. The third-order valence-corrected chi connectivity index (χ3v) is 18.9. The molecule has 394 valence electrons. The molecule has 0 aromatic rings. The summed E-state index contributed by atoms with van der Waals surface area (Å²) in [5, 5.41) is 25.5. The van der Waals surface area contributed by atoms with Crippen molar-refractivity contribution in [2.45, 2.75) is 232 Å². The molecule has 4 unspecified atom stereocenters. The van der Waals surface area contributed by atoms with Gasteiger partial charge in [-0.2, -0.15) is 0 Å². The Morgan fingerprint density at radius 1 is 0.725 bits per heavy atom. The summed E-state index contributed by atoms with van der Waals surface area (Å²) in [6, 6.07) is 0.101. The van der Waals surface area contributed by atoms with Crippen LogP contribution in [0.1, 0.15) is 220 Å². The van der Waals surface area contributed by atoms with Crippen LogP contribution in [0.15, 0.2) is 12.2 Å². The minimum absolute atomic E-state index is 0.00611. The fourth-order valence-corrected chi connectivity index (χ4v) is 14.9. The zero-order valence-electron chi connectivity index (χ0n) is 44.2. The fraction of sp³-hybridized carbons (Fsp3) is 0.879. The molecule has 11 heteroatoms. The number of aldehydes is 1. The Morgan fingerprint density at radius 3 is 2.10 bits per heavy atom. The normalized spacial score (nSPS) is 30.1. The first-order valence-corrected chi connectivity index (χ1v) is 28.8. The number of fused-ring (bicyclic) bond motifs is 5. The minimum Gasteiger partial charge on any atom is -0.396 e. The maximum atomic E-state index is 13.5. The molecule has 69 heavy (non-hydrogen) atoms. The molecule has 5 aliphatic rings. The van der Waals surface area contributed by atoms with Gasteiger partial charge in [0.1, 0.15) is 6.29 Å². The van der Waals surface area contributed by atoms with Crippen molar-refractivity contribution in [3.05, 3.63) is 12.2 Å². The molecule has 1 aliphatic heterocycles. The highest BCUT2D eigenvalue weighted by Crippen LogP contribution is 2.68. The van der Waals surface area contributed by atoms with Gasteiger partial charge >= 0.3 is 0 Å². The molecule has 11 atom stereocenters. The first-order chi connectivity index (χ1) is 33.4. The van der Waals surface area contributed by atoms with E-state index in [1.54, 1.807) is 4.90 Å². The molecule has 5 fully saturated rings. The molecule has 0 aromatic heterocycles. The number of hydrogen-bond acceptors (Lipinski definition) is 7. The Kier molecular flexibility index (Phi) is 24.6. The molecule has 4 aliphatic carbocycles. The molecule has 1 heterocycles. The maximum Gasteiger partial charge on any atom is 0.239 e. The van der Waals surface area contributed by atoms with E-state index in [-0.39, 0.29) is 67.3 Å². The molecule has 5 rings (SSSR count). The summed E-state index contributed by atoms with van der Waals surface area (Å²) in [6.45, 7) is 10.4. The molecule has 0 aromatic carbocycles. The summed E-state index contributed by atoms with van der Waals surface area (Å²) in [7, 11) is 0. The van der Waals surface area contributed by atoms with Gasteiger partial charge in [0, 0.05) is 50.9 Å². The zero-order valence-corrected chi connectivity index (χ0v) is 44.2. The fourth-order valence-electron chi connectivity index (χ4n) is 14.9. The van der Waals surface area contributed by atoms with Gasteiger partial charge in [0.05, 0.1) is 25.7 Å². The molecule has 4 saturated carbocycles. The summed E-state index contributed by atoms with van der Waals surface area (Å²) < 4.78 is 0. The first kappa shape index (κ1) is 57.1. The second-order valence-corrected chi connectivity index (χ2v) is 23.5. The molecule has 11 nitrogen and oxygen atoms in total. The van der Waals surface area contributed by atoms with Crippen LogP contribution >= 0.6 is 0 Å². The lowest BCUT2D eigenvalue weighted by Gasteiger charge is -2.61. The van der Waals surface area contributed by atoms with E-state index in [0.29, 0.717) is 87.1 Å². The summed E-state index contributed by atoms with van der Waals surface area (Å²) >= 11 is 0. The number of nitrogens with zero attached hydrogens (tertiary/aromatic N) is 2. The third kappa shape index (κ3) is 16.6. The van der Waals surface area contributed by atoms with E-state index in [9.17, 15) is 34.2 Å². The average Bonchev–Trinajstić information content (AvgIpc) is 3.94. The van der Waals surface area contributed by atoms with Crippen molar-refractivity contribution >= 4 is 29.9 Å². The van der Waals surface area contributed by atoms with Crippen LogP contribution in [-0.4, -0.2) is 101 Å². The Labute approximate surface area is 419 Å². The van der Waals surface area contributed by atoms with E-state index in [1.165, 1.54) is 120 Å². The van der Waals surface area contributed by atoms with Crippen LogP contribution in [0.4, 0.5) is 0 Å². The molecule has 0 spiro atoms. The smallest absolute Gasteiger partial charge is 0.239 e. The standard InChI is InChI=1S/C58H100N4O7/c1-5-6-7-8-9-10-11-12-13-14-15-16-17-18-20-23-53(66)60-47-31-33-57(3)46(39-47)26-27-49-51-29-28-50(58(51,4)34-32-52(49)57)44(2)25-30-55(68)61(36-37-63)41-54(67)59-35-22-19-21-24-56(69)62-40-45(42-64)38-48(62)43-65/h12-13,37,44-52,64-65H,5-11,14-36,38-43H2,1-4H3,(H,59,67)(H,60,66)/b13-12-/t44-,45-,46?,47+,48+,49?,50-,51?,52?,57+,58-/m1/s1. The molecular formula is C58H100N4O7. The lowest BCUT2D eigenvalue weighted by Crippen LogP contribution is -2.55. The van der Waals surface area contributed by atoms with Gasteiger partial charge in [0.15, 0.2) is 0 Å². The largest absolute Gasteiger partial charge is 0.396 e. The van der Waals surface area contributed by atoms with Crippen LogP contribution < -0.4 is 10.6 Å². The summed E-state index contributed by atoms with van der Waals surface area (Å²) in [4.78, 5) is 66.9. The van der Waals surface area contributed by atoms with Gasteiger partial charge in [-0.3, -0.25) is 19.2 Å². The van der Waals surface area contributed by atoms with Crippen LogP contribution in [0.5, 0.6) is 0 Å². The molecule has 4 N–H and O–H groups in total. The highest BCUT2D eigenvalue weighted by atomic mass is 16.3. The van der Waals surface area contributed by atoms with Crippen LogP contribution in [0, 0.1) is 52.3 Å². The number of aliphatic hydroxyl groups is 2. The topological polar surface area (TPSA) is 156 Å². The summed E-state index contributed by atoms with van der Waals surface area (Å²) in [5.74, 6) is 3.73. The van der Waals surface area contributed by atoms with E-state index in [2.05, 4.69) is 50.5 Å². The predicted octanol–water partition coefficient (Wildman–Crippen LogP) is 10.5. The molecule has 0 bridgehead atoms. The Hall–Kier alpha value is -2.79. The second-order valence-electron chi connectivity index (χ2n) is 23.5. The molecule has 4 amide bonds. The van der Waals surface area contributed by atoms with Gasteiger partial charge in [-0.15, -0.1) is 0 Å². The zero-order chi connectivity index (χ0) is 49.7. The summed E-state index contributed by atoms with van der Waals surface area (Å²) in [6.07, 6.45) is 37.9. The Balaban J connectivity index is 0.953. The van der Waals surface area contributed by atoms with Crippen molar-refractivity contribution in [2.75, 3.05) is 39.4 Å². The highest BCUT2D eigenvalue weighted by Gasteiger charge is 2.60. The van der Waals surface area contributed by atoms with Gasteiger partial charge in [-0.25, -0.2) is 0 Å². The van der Waals surface area contributed by atoms with Crippen molar-refractivity contribution in [1.82, 2.24) is 20.4 Å². The lowest BCUT2D eigenvalue weighted by atomic mass is 9.44. The molecule has 0 radical (unpaired) electrons. The van der Waals surface area contributed by atoms with Crippen LogP contribution in [-0.2, 0) is 24.0 Å².